The second-order valence-electron chi connectivity index (χ2n) is 6.05. The van der Waals surface area contributed by atoms with Gasteiger partial charge in [-0.2, -0.15) is 5.06 Å². The van der Waals surface area contributed by atoms with E-state index in [-0.39, 0.29) is 11.7 Å². The topological polar surface area (TPSA) is 46.6 Å². The normalized spacial score (nSPS) is 10.6. The Morgan fingerprint density at radius 2 is 1.56 bits per heavy atom. The third kappa shape index (κ3) is 4.15. The van der Waals surface area contributed by atoms with E-state index in [4.69, 9.17) is 4.84 Å². The molecule has 0 heterocycles. The number of carbonyl (C=O) groups excluding carboxylic acids is 2. The fourth-order valence-corrected chi connectivity index (χ4v) is 2.85. The number of benzene rings is 2. The van der Waals surface area contributed by atoms with E-state index in [9.17, 15) is 9.59 Å². The average Bonchev–Trinajstić information content (AvgIpc) is 2.59. The van der Waals surface area contributed by atoms with Crippen LogP contribution in [0.5, 0.6) is 0 Å². The van der Waals surface area contributed by atoms with Crippen LogP contribution in [0.4, 0.5) is 5.69 Å². The molecule has 0 unspecified atom stereocenters. The standard InChI is InChI=1S/C21H25NO3/c1-6-21(24)22(25-7-2)20-11-9-18(13-15(20)4)17-8-10-19(16(5)23)14(3)12-17/h8-13H,6-7H2,1-5H3. The van der Waals surface area contributed by atoms with Crippen LogP contribution in [0.3, 0.4) is 0 Å². The molecule has 0 saturated heterocycles. The molecule has 0 bridgehead atoms. The van der Waals surface area contributed by atoms with Crippen LogP contribution in [0.1, 0.15) is 48.7 Å². The molecular formula is C21H25NO3. The summed E-state index contributed by atoms with van der Waals surface area (Å²) in [5, 5.41) is 1.38. The zero-order valence-electron chi connectivity index (χ0n) is 15.6. The molecule has 2 rings (SSSR count). The largest absolute Gasteiger partial charge is 0.295 e. The highest BCUT2D eigenvalue weighted by Crippen LogP contribution is 2.29. The number of hydrogen-bond acceptors (Lipinski definition) is 3. The molecule has 0 aliphatic heterocycles. The molecule has 132 valence electrons. The molecule has 0 spiro atoms. The number of amides is 1. The zero-order chi connectivity index (χ0) is 18.6. The third-order valence-corrected chi connectivity index (χ3v) is 4.14. The molecule has 0 saturated carbocycles. The highest BCUT2D eigenvalue weighted by molar-refractivity contribution is 5.96. The molecule has 2 aromatic carbocycles. The molecule has 1 amide bonds. The summed E-state index contributed by atoms with van der Waals surface area (Å²) in [6.45, 7) is 9.59. The number of nitrogens with zero attached hydrogens (tertiary/aromatic N) is 1. The molecule has 0 N–H and O–H groups in total. The summed E-state index contributed by atoms with van der Waals surface area (Å²) in [6, 6.07) is 11.7. The minimum atomic E-state index is -0.0700. The summed E-state index contributed by atoms with van der Waals surface area (Å²) in [5.41, 5.74) is 5.51. The van der Waals surface area contributed by atoms with E-state index in [1.54, 1.807) is 6.92 Å². The number of aryl methyl sites for hydroxylation is 2. The summed E-state index contributed by atoms with van der Waals surface area (Å²) in [7, 11) is 0. The predicted molar refractivity (Wildman–Crippen MR) is 101 cm³/mol. The van der Waals surface area contributed by atoms with Crippen molar-refractivity contribution >= 4 is 17.4 Å². The molecule has 0 aromatic heterocycles. The maximum atomic E-state index is 12.1. The smallest absolute Gasteiger partial charge is 0.250 e. The summed E-state index contributed by atoms with van der Waals surface area (Å²) in [6.07, 6.45) is 0.382. The van der Waals surface area contributed by atoms with Gasteiger partial charge in [0.2, 0.25) is 0 Å². The van der Waals surface area contributed by atoms with E-state index < -0.39 is 0 Å². The van der Waals surface area contributed by atoms with Gasteiger partial charge in [-0.3, -0.25) is 14.4 Å². The zero-order valence-corrected chi connectivity index (χ0v) is 15.6. The number of carbonyl (C=O) groups is 2. The number of hydrogen-bond donors (Lipinski definition) is 0. The van der Waals surface area contributed by atoms with E-state index in [0.717, 1.165) is 33.5 Å². The fourth-order valence-electron chi connectivity index (χ4n) is 2.85. The van der Waals surface area contributed by atoms with Crippen LogP contribution >= 0.6 is 0 Å². The van der Waals surface area contributed by atoms with Crippen LogP contribution < -0.4 is 5.06 Å². The monoisotopic (exact) mass is 339 g/mol. The fraction of sp³-hybridized carbons (Fsp3) is 0.333. The van der Waals surface area contributed by atoms with Gasteiger partial charge in [-0.15, -0.1) is 0 Å². The first-order valence-electron chi connectivity index (χ1n) is 8.57. The van der Waals surface area contributed by atoms with E-state index in [1.807, 2.05) is 64.1 Å². The van der Waals surface area contributed by atoms with Crippen molar-refractivity contribution in [2.24, 2.45) is 0 Å². The quantitative estimate of drug-likeness (QED) is 0.557. The first-order valence-corrected chi connectivity index (χ1v) is 8.57. The second kappa shape index (κ2) is 8.08. The van der Waals surface area contributed by atoms with Crippen molar-refractivity contribution < 1.29 is 14.4 Å². The first kappa shape index (κ1) is 18.9. The Labute approximate surface area is 149 Å². The lowest BCUT2D eigenvalue weighted by molar-refractivity contribution is -0.125. The third-order valence-electron chi connectivity index (χ3n) is 4.14. The predicted octanol–water partition coefficient (Wildman–Crippen LogP) is 4.87. The van der Waals surface area contributed by atoms with Gasteiger partial charge in [0.25, 0.3) is 5.91 Å². The Morgan fingerprint density at radius 3 is 2.04 bits per heavy atom. The minimum Gasteiger partial charge on any atom is -0.295 e. The van der Waals surface area contributed by atoms with Crippen LogP contribution in [0.15, 0.2) is 36.4 Å². The van der Waals surface area contributed by atoms with Gasteiger partial charge >= 0.3 is 0 Å². The average molecular weight is 339 g/mol. The van der Waals surface area contributed by atoms with Crippen molar-refractivity contribution in [2.75, 3.05) is 11.7 Å². The second-order valence-corrected chi connectivity index (χ2v) is 6.05. The van der Waals surface area contributed by atoms with Crippen molar-refractivity contribution in [3.8, 4) is 11.1 Å². The summed E-state index contributed by atoms with van der Waals surface area (Å²) in [4.78, 5) is 29.2. The van der Waals surface area contributed by atoms with E-state index in [1.165, 1.54) is 5.06 Å². The van der Waals surface area contributed by atoms with Crippen LogP contribution in [-0.4, -0.2) is 18.3 Å². The number of Topliss-reactive ketones (excluding diaryl/α,β-unsaturated/α-hetero) is 1. The number of anilines is 1. The highest BCUT2D eigenvalue weighted by Gasteiger charge is 2.17. The van der Waals surface area contributed by atoms with Crippen molar-refractivity contribution in [3.63, 3.8) is 0 Å². The van der Waals surface area contributed by atoms with Gasteiger partial charge in [0.1, 0.15) is 0 Å². The number of ketones is 1. The lowest BCUT2D eigenvalue weighted by Gasteiger charge is -2.23. The lowest BCUT2D eigenvalue weighted by Crippen LogP contribution is -2.31. The first-order chi connectivity index (χ1) is 11.9. The van der Waals surface area contributed by atoms with Gasteiger partial charge in [-0.05, 0) is 62.1 Å². The van der Waals surface area contributed by atoms with Crippen LogP contribution in [0.2, 0.25) is 0 Å². The van der Waals surface area contributed by atoms with Gasteiger partial charge in [-0.25, -0.2) is 0 Å². The highest BCUT2D eigenvalue weighted by atomic mass is 16.7. The molecule has 2 aromatic rings. The molecule has 4 nitrogen and oxygen atoms in total. The SMILES string of the molecule is CCON(C(=O)CC)c1ccc(-c2ccc(C(C)=O)c(C)c2)cc1C. The molecule has 25 heavy (non-hydrogen) atoms. The Morgan fingerprint density at radius 1 is 0.960 bits per heavy atom. The van der Waals surface area contributed by atoms with Crippen LogP contribution in [0.25, 0.3) is 11.1 Å². The molecule has 0 fully saturated rings. The van der Waals surface area contributed by atoms with Gasteiger partial charge in [0.05, 0.1) is 12.3 Å². The lowest BCUT2D eigenvalue weighted by atomic mass is 9.97. The van der Waals surface area contributed by atoms with Gasteiger partial charge in [0, 0.05) is 12.0 Å². The Bertz CT molecular complexity index is 796. The van der Waals surface area contributed by atoms with Crippen molar-refractivity contribution in [3.05, 3.63) is 53.1 Å². The molecule has 0 radical (unpaired) electrons. The minimum absolute atomic E-state index is 0.0700. The Kier molecular flexibility index (Phi) is 6.10. The van der Waals surface area contributed by atoms with Crippen molar-refractivity contribution in [1.29, 1.82) is 0 Å². The Balaban J connectivity index is 2.40. The van der Waals surface area contributed by atoms with Gasteiger partial charge in [-0.1, -0.05) is 31.2 Å². The van der Waals surface area contributed by atoms with Crippen LogP contribution in [0, 0.1) is 13.8 Å². The molecule has 0 atom stereocenters. The summed E-state index contributed by atoms with van der Waals surface area (Å²) in [5.74, 6) is 0.000341. The molecule has 0 aliphatic rings. The molecule has 0 aliphatic carbocycles. The summed E-state index contributed by atoms with van der Waals surface area (Å²) >= 11 is 0. The molecule has 4 heteroatoms. The van der Waals surface area contributed by atoms with E-state index in [0.29, 0.717) is 13.0 Å². The number of rotatable bonds is 6. The number of hydroxylamine groups is 1. The van der Waals surface area contributed by atoms with Crippen molar-refractivity contribution in [1.82, 2.24) is 0 Å². The summed E-state index contributed by atoms with van der Waals surface area (Å²) < 4.78 is 0. The maximum Gasteiger partial charge on any atom is 0.250 e. The maximum absolute atomic E-state index is 12.1. The van der Waals surface area contributed by atoms with E-state index >= 15 is 0 Å². The van der Waals surface area contributed by atoms with E-state index in [2.05, 4.69) is 0 Å². The van der Waals surface area contributed by atoms with Gasteiger partial charge < -0.3 is 0 Å². The van der Waals surface area contributed by atoms with Crippen molar-refractivity contribution in [2.45, 2.75) is 41.0 Å². The Hall–Kier alpha value is -2.46. The van der Waals surface area contributed by atoms with Crippen LogP contribution in [-0.2, 0) is 9.63 Å². The molecular weight excluding hydrogens is 314 g/mol. The van der Waals surface area contributed by atoms with Gasteiger partial charge in [0.15, 0.2) is 5.78 Å².